The molecule has 0 bridgehead atoms. The number of hydrogen-bond acceptors (Lipinski definition) is 3. The number of aliphatic hydroxyl groups is 1. The lowest BCUT2D eigenvalue weighted by molar-refractivity contribution is 0.0136. The molecule has 3 heteroatoms. The Morgan fingerprint density at radius 3 is 2.47 bits per heavy atom. The zero-order chi connectivity index (χ0) is 11.3. The predicted octanol–water partition coefficient (Wildman–Crippen LogP) is 1.50. The van der Waals surface area contributed by atoms with Crippen molar-refractivity contribution in [3.8, 4) is 0 Å². The molecule has 0 aromatic carbocycles. The summed E-state index contributed by atoms with van der Waals surface area (Å²) < 4.78 is 5.32. The van der Waals surface area contributed by atoms with Gasteiger partial charge >= 0.3 is 0 Å². The molecule has 90 valence electrons. The van der Waals surface area contributed by atoms with E-state index in [0.29, 0.717) is 12.0 Å². The van der Waals surface area contributed by atoms with Crippen molar-refractivity contribution in [3.05, 3.63) is 0 Å². The summed E-state index contributed by atoms with van der Waals surface area (Å²) in [5, 5.41) is 9.92. The first-order valence-corrected chi connectivity index (χ1v) is 6.10. The van der Waals surface area contributed by atoms with Crippen LogP contribution in [-0.2, 0) is 4.74 Å². The summed E-state index contributed by atoms with van der Waals surface area (Å²) in [4.78, 5) is 2.35. The third-order valence-corrected chi connectivity index (χ3v) is 3.61. The van der Waals surface area contributed by atoms with Crippen LogP contribution in [0.4, 0.5) is 0 Å². The van der Waals surface area contributed by atoms with Crippen molar-refractivity contribution in [2.24, 2.45) is 5.92 Å². The summed E-state index contributed by atoms with van der Waals surface area (Å²) in [6, 6.07) is 0. The van der Waals surface area contributed by atoms with Crippen molar-refractivity contribution < 1.29 is 9.84 Å². The lowest BCUT2D eigenvalue weighted by atomic mass is 10.00. The van der Waals surface area contributed by atoms with E-state index in [1.165, 1.54) is 0 Å². The Bertz CT molecular complexity index is 167. The number of nitrogens with zero attached hydrogens (tertiary/aromatic N) is 1. The molecule has 1 aliphatic heterocycles. The molecule has 0 spiro atoms. The summed E-state index contributed by atoms with van der Waals surface area (Å²) in [7, 11) is 1.79. The number of methoxy groups -OCH3 is 1. The Hall–Kier alpha value is -0.120. The molecule has 1 saturated heterocycles. The van der Waals surface area contributed by atoms with Crippen LogP contribution >= 0.6 is 0 Å². The highest BCUT2D eigenvalue weighted by Crippen LogP contribution is 2.15. The number of rotatable bonds is 5. The van der Waals surface area contributed by atoms with E-state index in [-0.39, 0.29) is 6.10 Å². The second-order valence-electron chi connectivity index (χ2n) is 4.69. The molecule has 0 aromatic heterocycles. The number of piperidine rings is 1. The molecule has 1 rings (SSSR count). The minimum Gasteiger partial charge on any atom is -0.392 e. The van der Waals surface area contributed by atoms with Gasteiger partial charge in [-0.1, -0.05) is 20.3 Å². The van der Waals surface area contributed by atoms with Crippen LogP contribution in [0.2, 0.25) is 0 Å². The maximum absolute atomic E-state index is 9.92. The molecule has 0 amide bonds. The highest BCUT2D eigenvalue weighted by atomic mass is 16.5. The molecule has 2 unspecified atom stereocenters. The van der Waals surface area contributed by atoms with Gasteiger partial charge in [-0.25, -0.2) is 0 Å². The van der Waals surface area contributed by atoms with Crippen molar-refractivity contribution >= 4 is 0 Å². The van der Waals surface area contributed by atoms with Gasteiger partial charge in [-0.15, -0.1) is 0 Å². The van der Waals surface area contributed by atoms with Gasteiger partial charge < -0.3 is 14.7 Å². The Labute approximate surface area is 93.4 Å². The van der Waals surface area contributed by atoms with Gasteiger partial charge in [0.25, 0.3) is 0 Å². The van der Waals surface area contributed by atoms with Crippen molar-refractivity contribution in [1.29, 1.82) is 0 Å². The SMILES string of the molecule is CCC(C)C(O)CN1CCC(OC)CC1. The first kappa shape index (κ1) is 12.9. The molecule has 0 radical (unpaired) electrons. The number of ether oxygens (including phenoxy) is 1. The molecule has 0 saturated carbocycles. The van der Waals surface area contributed by atoms with E-state index in [4.69, 9.17) is 4.74 Å². The van der Waals surface area contributed by atoms with E-state index in [1.807, 2.05) is 0 Å². The number of aliphatic hydroxyl groups excluding tert-OH is 1. The molecule has 1 fully saturated rings. The van der Waals surface area contributed by atoms with Crippen molar-refractivity contribution in [2.45, 2.75) is 45.3 Å². The fourth-order valence-electron chi connectivity index (χ4n) is 2.04. The van der Waals surface area contributed by atoms with Crippen LogP contribution in [0.5, 0.6) is 0 Å². The van der Waals surface area contributed by atoms with E-state index in [1.54, 1.807) is 7.11 Å². The van der Waals surface area contributed by atoms with Gasteiger partial charge in [-0.3, -0.25) is 0 Å². The second kappa shape index (κ2) is 6.46. The summed E-state index contributed by atoms with van der Waals surface area (Å²) in [6.45, 7) is 7.20. The number of likely N-dealkylation sites (tertiary alicyclic amines) is 1. The van der Waals surface area contributed by atoms with Gasteiger partial charge in [0.1, 0.15) is 0 Å². The minimum absolute atomic E-state index is 0.172. The summed E-state index contributed by atoms with van der Waals surface area (Å²) in [5.41, 5.74) is 0. The molecule has 1 aliphatic rings. The zero-order valence-corrected chi connectivity index (χ0v) is 10.3. The maximum Gasteiger partial charge on any atom is 0.0692 e. The quantitative estimate of drug-likeness (QED) is 0.754. The average molecular weight is 215 g/mol. The molecule has 0 aliphatic carbocycles. The van der Waals surface area contributed by atoms with E-state index in [2.05, 4.69) is 18.7 Å². The molecule has 15 heavy (non-hydrogen) atoms. The molecule has 0 aromatic rings. The van der Waals surface area contributed by atoms with Crippen LogP contribution in [-0.4, -0.2) is 49.0 Å². The highest BCUT2D eigenvalue weighted by molar-refractivity contribution is 4.75. The Balaban J connectivity index is 2.23. The van der Waals surface area contributed by atoms with Crippen molar-refractivity contribution in [1.82, 2.24) is 4.90 Å². The summed E-state index contributed by atoms with van der Waals surface area (Å²) in [6.07, 6.45) is 3.51. The van der Waals surface area contributed by atoms with Gasteiger partial charge in [-0.05, 0) is 18.8 Å². The minimum atomic E-state index is -0.172. The number of β-amino-alcohol motifs (C(OH)–C–C–N with tert-alkyl or cyclic N) is 1. The Morgan fingerprint density at radius 2 is 2.00 bits per heavy atom. The molecular formula is C12H25NO2. The van der Waals surface area contributed by atoms with Gasteiger partial charge in [-0.2, -0.15) is 0 Å². The van der Waals surface area contributed by atoms with Crippen LogP contribution in [0.1, 0.15) is 33.1 Å². The largest absolute Gasteiger partial charge is 0.392 e. The average Bonchev–Trinajstić information content (AvgIpc) is 2.29. The molecule has 1 heterocycles. The van der Waals surface area contributed by atoms with Crippen LogP contribution in [0.3, 0.4) is 0 Å². The Morgan fingerprint density at radius 1 is 1.40 bits per heavy atom. The van der Waals surface area contributed by atoms with Crippen LogP contribution in [0, 0.1) is 5.92 Å². The second-order valence-corrected chi connectivity index (χ2v) is 4.69. The fraction of sp³-hybridized carbons (Fsp3) is 1.00. The predicted molar refractivity (Wildman–Crippen MR) is 61.9 cm³/mol. The van der Waals surface area contributed by atoms with Crippen LogP contribution in [0.25, 0.3) is 0 Å². The maximum atomic E-state index is 9.92. The zero-order valence-electron chi connectivity index (χ0n) is 10.3. The smallest absolute Gasteiger partial charge is 0.0692 e. The monoisotopic (exact) mass is 215 g/mol. The Kier molecular flexibility index (Phi) is 5.58. The first-order chi connectivity index (χ1) is 7.17. The molecule has 2 atom stereocenters. The molecular weight excluding hydrogens is 190 g/mol. The van der Waals surface area contributed by atoms with E-state index in [9.17, 15) is 5.11 Å². The van der Waals surface area contributed by atoms with Crippen molar-refractivity contribution in [2.75, 3.05) is 26.7 Å². The van der Waals surface area contributed by atoms with E-state index >= 15 is 0 Å². The first-order valence-electron chi connectivity index (χ1n) is 6.10. The van der Waals surface area contributed by atoms with Crippen LogP contribution in [0.15, 0.2) is 0 Å². The molecule has 3 nitrogen and oxygen atoms in total. The van der Waals surface area contributed by atoms with Gasteiger partial charge in [0.2, 0.25) is 0 Å². The highest BCUT2D eigenvalue weighted by Gasteiger charge is 2.22. The lowest BCUT2D eigenvalue weighted by Crippen LogP contribution is -2.42. The van der Waals surface area contributed by atoms with E-state index < -0.39 is 0 Å². The van der Waals surface area contributed by atoms with E-state index in [0.717, 1.165) is 38.9 Å². The summed E-state index contributed by atoms with van der Waals surface area (Å²) >= 11 is 0. The standard InChI is InChI=1S/C12H25NO2/c1-4-10(2)12(14)9-13-7-5-11(15-3)6-8-13/h10-12,14H,4-9H2,1-3H3. The summed E-state index contributed by atoms with van der Waals surface area (Å²) in [5.74, 6) is 0.408. The topological polar surface area (TPSA) is 32.7 Å². The fourth-order valence-corrected chi connectivity index (χ4v) is 2.04. The third kappa shape index (κ3) is 4.09. The van der Waals surface area contributed by atoms with Crippen molar-refractivity contribution in [3.63, 3.8) is 0 Å². The number of hydrogen-bond donors (Lipinski definition) is 1. The normalized spacial score (nSPS) is 24.0. The van der Waals surface area contributed by atoms with Gasteiger partial charge in [0.05, 0.1) is 12.2 Å². The molecule has 1 N–H and O–H groups in total. The lowest BCUT2D eigenvalue weighted by Gasteiger charge is -2.33. The van der Waals surface area contributed by atoms with Gasteiger partial charge in [0, 0.05) is 26.7 Å². The van der Waals surface area contributed by atoms with Crippen LogP contribution < -0.4 is 0 Å². The van der Waals surface area contributed by atoms with Gasteiger partial charge in [0.15, 0.2) is 0 Å². The third-order valence-electron chi connectivity index (χ3n) is 3.61.